The van der Waals surface area contributed by atoms with Crippen molar-refractivity contribution in [3.8, 4) is 16.9 Å². The Hall–Kier alpha value is -3.09. The highest BCUT2D eigenvalue weighted by atomic mass is 16.6. The van der Waals surface area contributed by atoms with Crippen LogP contribution in [0.2, 0.25) is 0 Å². The maximum atomic E-state index is 12.7. The van der Waals surface area contributed by atoms with Gasteiger partial charge < -0.3 is 13.9 Å². The second kappa shape index (κ2) is 9.81. The number of ether oxygens (including phenoxy) is 2. The number of allylic oxidation sites excluding steroid dienone is 4. The van der Waals surface area contributed by atoms with Crippen molar-refractivity contribution in [2.45, 2.75) is 51.0 Å². The first kappa shape index (κ1) is 21.7. The van der Waals surface area contributed by atoms with Gasteiger partial charge in [0.25, 0.3) is 0 Å². The molecular weight excluding hydrogens is 416 g/mol. The third kappa shape index (κ3) is 4.82. The van der Waals surface area contributed by atoms with Crippen molar-refractivity contribution in [1.29, 1.82) is 0 Å². The molecule has 0 amide bonds. The minimum atomic E-state index is -0.393. The molecule has 1 N–H and O–H groups in total. The van der Waals surface area contributed by atoms with Gasteiger partial charge in [-0.05, 0) is 62.4 Å². The fraction of sp³-hybridized carbons (Fsp3) is 0.370. The normalized spacial score (nSPS) is 19.6. The molecule has 33 heavy (non-hydrogen) atoms. The van der Waals surface area contributed by atoms with Crippen molar-refractivity contribution in [3.05, 3.63) is 76.8 Å². The van der Waals surface area contributed by atoms with Gasteiger partial charge in [0.2, 0.25) is 0 Å². The highest BCUT2D eigenvalue weighted by Gasteiger charge is 2.42. The van der Waals surface area contributed by atoms with Crippen LogP contribution in [0, 0.1) is 0 Å². The summed E-state index contributed by atoms with van der Waals surface area (Å²) >= 11 is 0. The number of nitrogens with one attached hydrogen (secondary N) is 1. The van der Waals surface area contributed by atoms with Crippen LogP contribution in [0.25, 0.3) is 22.2 Å². The zero-order chi connectivity index (χ0) is 22.6. The van der Waals surface area contributed by atoms with Crippen LogP contribution < -0.4 is 15.8 Å². The van der Waals surface area contributed by atoms with Crippen molar-refractivity contribution in [2.75, 3.05) is 13.7 Å². The second-order valence-corrected chi connectivity index (χ2v) is 8.62. The predicted octanol–water partition coefficient (Wildman–Crippen LogP) is 5.55. The smallest absolute Gasteiger partial charge is 0.422 e. The lowest BCUT2D eigenvalue weighted by Gasteiger charge is -2.08. The molecule has 2 aromatic carbocycles. The molecule has 6 nitrogen and oxygen atoms in total. The number of unbranched alkanes of at least 4 members (excludes halogenated alkanes) is 2. The number of rotatable bonds is 10. The number of hydrogen-bond donors (Lipinski definition) is 1. The average Bonchev–Trinajstić information content (AvgIpc) is 3.53. The van der Waals surface area contributed by atoms with Crippen molar-refractivity contribution < 1.29 is 13.9 Å². The summed E-state index contributed by atoms with van der Waals surface area (Å²) in [5.74, 6) is 0.392. The van der Waals surface area contributed by atoms with E-state index in [1.54, 1.807) is 17.3 Å². The second-order valence-electron chi connectivity index (χ2n) is 8.62. The molecule has 3 aromatic rings. The van der Waals surface area contributed by atoms with Gasteiger partial charge in [-0.3, -0.25) is 5.32 Å². The van der Waals surface area contributed by atoms with Gasteiger partial charge in [-0.1, -0.05) is 54.5 Å². The van der Waals surface area contributed by atoms with Crippen molar-refractivity contribution in [1.82, 2.24) is 9.88 Å². The number of benzene rings is 2. The number of fused-ring (bicyclic) bond motifs is 1. The van der Waals surface area contributed by atoms with Crippen molar-refractivity contribution >= 4 is 11.1 Å². The molecule has 5 rings (SSSR count). The Morgan fingerprint density at radius 3 is 2.79 bits per heavy atom. The first-order valence-corrected chi connectivity index (χ1v) is 11.8. The predicted molar refractivity (Wildman–Crippen MR) is 129 cm³/mol. The highest BCUT2D eigenvalue weighted by Crippen LogP contribution is 2.36. The van der Waals surface area contributed by atoms with E-state index in [-0.39, 0.29) is 12.5 Å². The number of oxazole rings is 1. The molecule has 2 unspecified atom stereocenters. The lowest BCUT2D eigenvalue weighted by molar-refractivity contribution is 0.310. The van der Waals surface area contributed by atoms with Gasteiger partial charge in [0, 0.05) is 5.56 Å². The number of methoxy groups -OCH3 is 1. The molecule has 1 saturated heterocycles. The Balaban J connectivity index is 1.18. The van der Waals surface area contributed by atoms with Gasteiger partial charge in [-0.15, -0.1) is 0 Å². The molecule has 1 aliphatic carbocycles. The van der Waals surface area contributed by atoms with E-state index in [0.717, 1.165) is 35.4 Å². The summed E-state index contributed by atoms with van der Waals surface area (Å²) in [6.45, 7) is 0.877. The summed E-state index contributed by atoms with van der Waals surface area (Å²) in [5, 5.41) is 3.42. The zero-order valence-corrected chi connectivity index (χ0v) is 19.0. The Kier molecular flexibility index (Phi) is 6.46. The average molecular weight is 447 g/mol. The number of aromatic nitrogens is 1. The third-order valence-corrected chi connectivity index (χ3v) is 6.38. The van der Waals surface area contributed by atoms with Gasteiger partial charge in [0.1, 0.15) is 5.75 Å². The monoisotopic (exact) mass is 446 g/mol. The number of nitrogens with zero attached hydrogens (tertiary/aromatic N) is 1. The zero-order valence-electron chi connectivity index (χ0n) is 19.0. The molecule has 0 spiro atoms. The molecule has 0 bridgehead atoms. The maximum Gasteiger partial charge on any atom is 0.422 e. The fourth-order valence-corrected chi connectivity index (χ4v) is 4.50. The molecule has 0 radical (unpaired) electrons. The summed E-state index contributed by atoms with van der Waals surface area (Å²) < 4.78 is 18.3. The Morgan fingerprint density at radius 1 is 1.12 bits per heavy atom. The van der Waals surface area contributed by atoms with E-state index in [1.807, 2.05) is 42.5 Å². The lowest BCUT2D eigenvalue weighted by atomic mass is 9.99. The fourth-order valence-electron chi connectivity index (χ4n) is 4.50. The standard InChI is InChI=1S/C27H30N2O4/c1-31-21-16-14-20(15-17-21)22-12-8-13-23-24(22)32-27(30)29(23)26-25(33-26)28-18-7-3-6-11-19-9-4-2-5-10-19/h2,4,8-9,12-17,25-26,28H,3,5-7,10-11,18H2,1H3. The minimum Gasteiger partial charge on any atom is -0.497 e. The van der Waals surface area contributed by atoms with Gasteiger partial charge in [0.15, 0.2) is 18.0 Å². The molecule has 172 valence electrons. The topological polar surface area (TPSA) is 68.9 Å². The first-order valence-electron chi connectivity index (χ1n) is 11.8. The molecule has 1 aromatic heterocycles. The summed E-state index contributed by atoms with van der Waals surface area (Å²) in [4.78, 5) is 12.7. The number of epoxide rings is 1. The Bertz CT molecular complexity index is 1220. The largest absolute Gasteiger partial charge is 0.497 e. The summed E-state index contributed by atoms with van der Waals surface area (Å²) in [5.41, 5.74) is 4.73. The van der Waals surface area contributed by atoms with E-state index >= 15 is 0 Å². The Labute approximate surface area is 193 Å². The molecule has 2 aliphatic rings. The van der Waals surface area contributed by atoms with Crippen LogP contribution in [-0.2, 0) is 4.74 Å². The van der Waals surface area contributed by atoms with Crippen LogP contribution in [0.15, 0.2) is 75.5 Å². The summed E-state index contributed by atoms with van der Waals surface area (Å²) in [6, 6.07) is 13.5. The van der Waals surface area contributed by atoms with Gasteiger partial charge in [0.05, 0.1) is 12.6 Å². The van der Waals surface area contributed by atoms with Crippen LogP contribution in [0.1, 0.15) is 44.8 Å². The van der Waals surface area contributed by atoms with E-state index < -0.39 is 5.76 Å². The third-order valence-electron chi connectivity index (χ3n) is 6.38. The molecule has 1 aliphatic heterocycles. The Morgan fingerprint density at radius 2 is 2.00 bits per heavy atom. The molecule has 0 saturated carbocycles. The number of hydrogen-bond acceptors (Lipinski definition) is 5. The molecule has 6 heteroatoms. The van der Waals surface area contributed by atoms with Crippen LogP contribution >= 0.6 is 0 Å². The molecule has 2 atom stereocenters. The maximum absolute atomic E-state index is 12.7. The number of para-hydroxylation sites is 1. The van der Waals surface area contributed by atoms with Crippen LogP contribution in [0.4, 0.5) is 0 Å². The summed E-state index contributed by atoms with van der Waals surface area (Å²) in [6.07, 6.45) is 13.3. The van der Waals surface area contributed by atoms with Crippen molar-refractivity contribution in [2.24, 2.45) is 0 Å². The molecular formula is C27H30N2O4. The van der Waals surface area contributed by atoms with Crippen LogP contribution in [-0.4, -0.2) is 24.4 Å². The lowest BCUT2D eigenvalue weighted by Crippen LogP contribution is -2.23. The highest BCUT2D eigenvalue weighted by molar-refractivity contribution is 5.90. The van der Waals surface area contributed by atoms with Crippen LogP contribution in [0.3, 0.4) is 0 Å². The van der Waals surface area contributed by atoms with Gasteiger partial charge >= 0.3 is 5.76 Å². The quantitative estimate of drug-likeness (QED) is 0.327. The van der Waals surface area contributed by atoms with E-state index in [4.69, 9.17) is 13.9 Å². The first-order chi connectivity index (χ1) is 16.2. The molecule has 1 fully saturated rings. The SMILES string of the molecule is COc1ccc(-c2cccc3c2oc(=O)n3C2OC2NCCCCCC2=CC=CCC2)cc1. The van der Waals surface area contributed by atoms with Gasteiger partial charge in [-0.25, -0.2) is 9.36 Å². The van der Waals surface area contributed by atoms with E-state index in [1.165, 1.54) is 32.1 Å². The summed E-state index contributed by atoms with van der Waals surface area (Å²) in [7, 11) is 1.64. The van der Waals surface area contributed by atoms with Crippen LogP contribution in [0.5, 0.6) is 5.75 Å². The van der Waals surface area contributed by atoms with Crippen molar-refractivity contribution in [3.63, 3.8) is 0 Å². The van der Waals surface area contributed by atoms with E-state index in [0.29, 0.717) is 5.58 Å². The molecule has 2 heterocycles. The van der Waals surface area contributed by atoms with E-state index in [2.05, 4.69) is 23.5 Å². The van der Waals surface area contributed by atoms with E-state index in [9.17, 15) is 4.79 Å². The minimum absolute atomic E-state index is 0.153. The van der Waals surface area contributed by atoms with Gasteiger partial charge in [-0.2, -0.15) is 0 Å².